The zero-order chi connectivity index (χ0) is 14.4. The SMILES string of the molecule is COc1cccc(CC(=O)NC2(C#N)CCCCC2)c1. The molecule has 1 saturated carbocycles. The average Bonchev–Trinajstić information content (AvgIpc) is 2.48. The molecule has 2 rings (SSSR count). The number of methoxy groups -OCH3 is 1. The highest BCUT2D eigenvalue weighted by Crippen LogP contribution is 2.27. The molecule has 0 heterocycles. The normalized spacial score (nSPS) is 17.0. The molecule has 0 aliphatic heterocycles. The van der Waals surface area contributed by atoms with Crippen LogP contribution in [-0.4, -0.2) is 18.6 Å². The van der Waals surface area contributed by atoms with Crippen LogP contribution >= 0.6 is 0 Å². The summed E-state index contributed by atoms with van der Waals surface area (Å²) >= 11 is 0. The number of ether oxygens (including phenoxy) is 1. The topological polar surface area (TPSA) is 62.1 Å². The fraction of sp³-hybridized carbons (Fsp3) is 0.500. The van der Waals surface area contributed by atoms with Crippen LogP contribution in [0.3, 0.4) is 0 Å². The summed E-state index contributed by atoms with van der Waals surface area (Å²) in [5.41, 5.74) is 0.236. The van der Waals surface area contributed by atoms with Gasteiger partial charge in [0.15, 0.2) is 0 Å². The van der Waals surface area contributed by atoms with Crippen molar-refractivity contribution >= 4 is 5.91 Å². The summed E-state index contributed by atoms with van der Waals surface area (Å²) in [4.78, 5) is 12.1. The summed E-state index contributed by atoms with van der Waals surface area (Å²) in [5, 5.41) is 12.3. The summed E-state index contributed by atoms with van der Waals surface area (Å²) in [5.74, 6) is 0.643. The first-order valence-corrected chi connectivity index (χ1v) is 7.03. The molecule has 4 nitrogen and oxygen atoms in total. The molecule has 0 radical (unpaired) electrons. The van der Waals surface area contributed by atoms with Gasteiger partial charge in [-0.2, -0.15) is 5.26 Å². The zero-order valence-electron chi connectivity index (χ0n) is 11.8. The van der Waals surface area contributed by atoms with Crippen LogP contribution in [0, 0.1) is 11.3 Å². The third-order valence-electron chi connectivity index (χ3n) is 3.80. The van der Waals surface area contributed by atoms with Crippen molar-refractivity contribution in [2.24, 2.45) is 0 Å². The molecule has 1 aromatic carbocycles. The van der Waals surface area contributed by atoms with E-state index in [-0.39, 0.29) is 12.3 Å². The minimum atomic E-state index is -0.659. The maximum Gasteiger partial charge on any atom is 0.225 e. The molecule has 0 spiro atoms. The smallest absolute Gasteiger partial charge is 0.225 e. The summed E-state index contributed by atoms with van der Waals surface area (Å²) in [7, 11) is 1.60. The van der Waals surface area contributed by atoms with Crippen molar-refractivity contribution in [3.8, 4) is 11.8 Å². The van der Waals surface area contributed by atoms with Crippen LogP contribution in [0.2, 0.25) is 0 Å². The van der Waals surface area contributed by atoms with E-state index in [1.54, 1.807) is 7.11 Å². The fourth-order valence-electron chi connectivity index (χ4n) is 2.70. The Labute approximate surface area is 119 Å². The highest BCUT2D eigenvalue weighted by atomic mass is 16.5. The number of benzene rings is 1. The second kappa shape index (κ2) is 6.42. The van der Waals surface area contributed by atoms with Crippen LogP contribution in [0.1, 0.15) is 37.7 Å². The third kappa shape index (κ3) is 3.51. The van der Waals surface area contributed by atoms with Crippen molar-refractivity contribution in [3.63, 3.8) is 0 Å². The van der Waals surface area contributed by atoms with E-state index in [4.69, 9.17) is 4.74 Å². The standard InChI is InChI=1S/C16H20N2O2/c1-20-14-7-5-6-13(10-14)11-15(19)18-16(12-17)8-3-2-4-9-16/h5-7,10H,2-4,8-9,11H2,1H3,(H,18,19). The number of amides is 1. The van der Waals surface area contributed by atoms with Gasteiger partial charge in [-0.25, -0.2) is 0 Å². The number of carbonyl (C=O) groups is 1. The van der Waals surface area contributed by atoms with Gasteiger partial charge in [0, 0.05) is 0 Å². The fourth-order valence-corrected chi connectivity index (χ4v) is 2.70. The maximum absolute atomic E-state index is 12.1. The van der Waals surface area contributed by atoms with Crippen LogP contribution in [0.5, 0.6) is 5.75 Å². The summed E-state index contributed by atoms with van der Waals surface area (Å²) in [6.07, 6.45) is 4.95. The first-order chi connectivity index (χ1) is 9.67. The van der Waals surface area contributed by atoms with Gasteiger partial charge >= 0.3 is 0 Å². The van der Waals surface area contributed by atoms with Gasteiger partial charge in [0.25, 0.3) is 0 Å². The minimum absolute atomic E-state index is 0.0956. The van der Waals surface area contributed by atoms with Crippen molar-refractivity contribution in [2.75, 3.05) is 7.11 Å². The average molecular weight is 272 g/mol. The molecule has 106 valence electrons. The van der Waals surface area contributed by atoms with Gasteiger partial charge < -0.3 is 10.1 Å². The molecule has 1 aromatic rings. The van der Waals surface area contributed by atoms with Gasteiger partial charge in [0.05, 0.1) is 19.6 Å². The van der Waals surface area contributed by atoms with E-state index < -0.39 is 5.54 Å². The van der Waals surface area contributed by atoms with Crippen LogP contribution < -0.4 is 10.1 Å². The lowest BCUT2D eigenvalue weighted by molar-refractivity contribution is -0.122. The van der Waals surface area contributed by atoms with E-state index in [0.717, 1.165) is 43.4 Å². The Morgan fingerprint density at radius 2 is 2.15 bits per heavy atom. The molecule has 0 saturated heterocycles. The lowest BCUT2D eigenvalue weighted by atomic mass is 9.82. The van der Waals surface area contributed by atoms with Gasteiger partial charge in [-0.3, -0.25) is 4.79 Å². The summed E-state index contributed by atoms with van der Waals surface area (Å²) in [6, 6.07) is 9.75. The third-order valence-corrected chi connectivity index (χ3v) is 3.80. The minimum Gasteiger partial charge on any atom is -0.497 e. The predicted molar refractivity (Wildman–Crippen MR) is 76.3 cm³/mol. The van der Waals surface area contributed by atoms with Crippen LogP contribution in [0.25, 0.3) is 0 Å². The Kier molecular flexibility index (Phi) is 4.62. The molecule has 1 aliphatic rings. The number of nitrogens with one attached hydrogen (secondary N) is 1. The Morgan fingerprint density at radius 3 is 2.80 bits per heavy atom. The van der Waals surface area contributed by atoms with Gasteiger partial charge in [-0.05, 0) is 30.5 Å². The molecule has 0 aromatic heterocycles. The van der Waals surface area contributed by atoms with E-state index in [2.05, 4.69) is 11.4 Å². The monoisotopic (exact) mass is 272 g/mol. The predicted octanol–water partition coefficient (Wildman–Crippen LogP) is 2.58. The van der Waals surface area contributed by atoms with E-state index in [0.29, 0.717) is 0 Å². The molecule has 0 bridgehead atoms. The number of carbonyl (C=O) groups excluding carboxylic acids is 1. The Bertz CT molecular complexity index is 513. The quantitative estimate of drug-likeness (QED) is 0.916. The largest absolute Gasteiger partial charge is 0.497 e. The Balaban J connectivity index is 1.99. The Hall–Kier alpha value is -2.02. The first kappa shape index (κ1) is 14.4. The molecule has 1 fully saturated rings. The number of hydrogen-bond donors (Lipinski definition) is 1. The van der Waals surface area contributed by atoms with Crippen molar-refractivity contribution in [1.29, 1.82) is 5.26 Å². The molecule has 0 unspecified atom stereocenters. The molecule has 20 heavy (non-hydrogen) atoms. The number of nitrogens with zero attached hydrogens (tertiary/aromatic N) is 1. The molecule has 1 N–H and O–H groups in total. The second-order valence-electron chi connectivity index (χ2n) is 5.33. The van der Waals surface area contributed by atoms with Gasteiger partial charge in [0.1, 0.15) is 11.3 Å². The number of hydrogen-bond acceptors (Lipinski definition) is 3. The van der Waals surface area contributed by atoms with Gasteiger partial charge in [0.2, 0.25) is 5.91 Å². The van der Waals surface area contributed by atoms with Gasteiger partial charge in [-0.1, -0.05) is 31.4 Å². The van der Waals surface area contributed by atoms with E-state index in [1.807, 2.05) is 24.3 Å². The zero-order valence-corrected chi connectivity index (χ0v) is 11.8. The molecule has 1 aliphatic carbocycles. The second-order valence-corrected chi connectivity index (χ2v) is 5.33. The van der Waals surface area contributed by atoms with Crippen molar-refractivity contribution < 1.29 is 9.53 Å². The van der Waals surface area contributed by atoms with Crippen molar-refractivity contribution in [3.05, 3.63) is 29.8 Å². The van der Waals surface area contributed by atoms with E-state index in [9.17, 15) is 10.1 Å². The summed E-state index contributed by atoms with van der Waals surface area (Å²) < 4.78 is 5.14. The van der Waals surface area contributed by atoms with Crippen LogP contribution in [-0.2, 0) is 11.2 Å². The summed E-state index contributed by atoms with van der Waals surface area (Å²) in [6.45, 7) is 0. The molecular weight excluding hydrogens is 252 g/mol. The first-order valence-electron chi connectivity index (χ1n) is 7.03. The molecule has 4 heteroatoms. The van der Waals surface area contributed by atoms with Gasteiger partial charge in [-0.15, -0.1) is 0 Å². The lowest BCUT2D eigenvalue weighted by Crippen LogP contribution is -2.49. The number of nitriles is 1. The Morgan fingerprint density at radius 1 is 1.40 bits per heavy atom. The maximum atomic E-state index is 12.1. The van der Waals surface area contributed by atoms with Crippen LogP contribution in [0.4, 0.5) is 0 Å². The highest BCUT2D eigenvalue weighted by molar-refractivity contribution is 5.80. The van der Waals surface area contributed by atoms with Crippen molar-refractivity contribution in [2.45, 2.75) is 44.1 Å². The highest BCUT2D eigenvalue weighted by Gasteiger charge is 2.33. The lowest BCUT2D eigenvalue weighted by Gasteiger charge is -2.31. The molecule has 0 atom stereocenters. The van der Waals surface area contributed by atoms with E-state index in [1.165, 1.54) is 0 Å². The van der Waals surface area contributed by atoms with Crippen LogP contribution in [0.15, 0.2) is 24.3 Å². The van der Waals surface area contributed by atoms with Crippen molar-refractivity contribution in [1.82, 2.24) is 5.32 Å². The van der Waals surface area contributed by atoms with E-state index >= 15 is 0 Å². The number of rotatable bonds is 4. The molecule has 1 amide bonds. The molecular formula is C16H20N2O2.